The first-order chi connectivity index (χ1) is 6.32. The Morgan fingerprint density at radius 1 is 1.43 bits per heavy atom. The molecule has 0 aliphatic rings. The summed E-state index contributed by atoms with van der Waals surface area (Å²) in [4.78, 5) is 10.6. The monoisotopic (exact) mass is 235 g/mol. The third-order valence-corrected chi connectivity index (χ3v) is 2.98. The molecule has 7 heteroatoms. The van der Waals surface area contributed by atoms with Crippen molar-refractivity contribution < 1.29 is 13.2 Å². The van der Waals surface area contributed by atoms with Crippen molar-refractivity contribution in [1.82, 2.24) is 0 Å². The highest BCUT2D eigenvalue weighted by Crippen LogP contribution is 2.24. The van der Waals surface area contributed by atoms with Crippen LogP contribution < -0.4 is 5.14 Å². The number of hydrogen-bond acceptors (Lipinski definition) is 3. The normalized spacial score (nSPS) is 11.4. The second kappa shape index (κ2) is 3.64. The van der Waals surface area contributed by atoms with E-state index in [4.69, 9.17) is 16.7 Å². The fourth-order valence-electron chi connectivity index (χ4n) is 0.906. The lowest BCUT2D eigenvalue weighted by molar-refractivity contribution is -0.428. The van der Waals surface area contributed by atoms with E-state index >= 15 is 0 Å². The van der Waals surface area contributed by atoms with Gasteiger partial charge in [-0.2, -0.15) is 0 Å². The minimum absolute atomic E-state index is 0.00176. The second-order valence-electron chi connectivity index (χ2n) is 2.66. The molecule has 0 radical (unpaired) electrons. The Bertz CT molecular complexity index is 484. The van der Waals surface area contributed by atoms with Crippen LogP contribution in [-0.4, -0.2) is 20.2 Å². The van der Waals surface area contributed by atoms with E-state index in [0.29, 0.717) is 4.76 Å². The molecule has 76 valence electrons. The van der Waals surface area contributed by atoms with Crippen LogP contribution in [0.15, 0.2) is 23.1 Å². The van der Waals surface area contributed by atoms with Gasteiger partial charge in [-0.05, 0) is 6.07 Å². The maximum atomic E-state index is 11.0. The van der Waals surface area contributed by atoms with E-state index < -0.39 is 10.0 Å². The Kier molecular flexibility index (Phi) is 2.89. The van der Waals surface area contributed by atoms with Gasteiger partial charge < -0.3 is 0 Å². The van der Waals surface area contributed by atoms with Crippen LogP contribution in [0.3, 0.4) is 0 Å². The average Bonchev–Trinajstić information content (AvgIpc) is 2.02. The van der Waals surface area contributed by atoms with Crippen molar-refractivity contribution in [3.63, 3.8) is 0 Å². The van der Waals surface area contributed by atoms with Gasteiger partial charge in [0, 0.05) is 21.8 Å². The van der Waals surface area contributed by atoms with Crippen LogP contribution >= 0.6 is 11.6 Å². The maximum Gasteiger partial charge on any atom is 0.257 e. The molecule has 0 spiro atoms. The smallest absolute Gasteiger partial charge is 0.225 e. The predicted octanol–water partition coefficient (Wildman–Crippen LogP) is 1.03. The maximum absolute atomic E-state index is 11.0. The molecule has 0 heterocycles. The summed E-state index contributed by atoms with van der Waals surface area (Å²) in [5.74, 6) is 0. The van der Waals surface area contributed by atoms with Crippen LogP contribution in [0.4, 0.5) is 5.69 Å². The van der Waals surface area contributed by atoms with Crippen molar-refractivity contribution in [3.05, 3.63) is 28.1 Å². The van der Waals surface area contributed by atoms with E-state index in [-0.39, 0.29) is 15.6 Å². The van der Waals surface area contributed by atoms with Crippen molar-refractivity contribution in [3.8, 4) is 0 Å². The Labute approximate surface area is 86.1 Å². The number of nitrogens with two attached hydrogens (primary N) is 1. The molecule has 0 bridgehead atoms. The Hall–Kier alpha value is -0.980. The zero-order valence-electron chi connectivity index (χ0n) is 7.27. The van der Waals surface area contributed by atoms with E-state index in [2.05, 4.69) is 0 Å². The topological polar surface area (TPSA) is 80.2 Å². The van der Waals surface area contributed by atoms with Crippen molar-refractivity contribution in [1.29, 1.82) is 0 Å². The lowest BCUT2D eigenvalue weighted by Crippen LogP contribution is -2.13. The van der Waals surface area contributed by atoms with E-state index in [9.17, 15) is 13.3 Å². The van der Waals surface area contributed by atoms with Gasteiger partial charge in [-0.15, -0.1) is 0 Å². The molecule has 0 atom stereocenters. The molecule has 5 nitrogen and oxygen atoms in total. The second-order valence-corrected chi connectivity index (χ2v) is 4.59. The molecular weight excluding hydrogens is 228 g/mol. The summed E-state index contributed by atoms with van der Waals surface area (Å²) >= 11 is 5.61. The number of primary sulfonamides is 1. The van der Waals surface area contributed by atoms with Gasteiger partial charge >= 0.3 is 0 Å². The first-order valence-corrected chi connectivity index (χ1v) is 5.48. The zero-order valence-corrected chi connectivity index (χ0v) is 8.84. The van der Waals surface area contributed by atoms with E-state index in [1.807, 2.05) is 0 Å². The number of rotatable bonds is 2. The molecule has 0 fully saturated rings. The standard InChI is InChI=1S/C7H8ClN2O3S/c1-10(11)5-2-3-6(8)7(4-5)14(9,12)13/h2-4H,1H3,(H2,9,12,13)/q+1. The summed E-state index contributed by atoms with van der Waals surface area (Å²) in [6.07, 6.45) is 0. The molecular formula is C7H8ClN2O3S+. The van der Waals surface area contributed by atoms with E-state index in [0.717, 1.165) is 6.07 Å². The molecule has 14 heavy (non-hydrogen) atoms. The number of halogens is 1. The van der Waals surface area contributed by atoms with Crippen LogP contribution in [0.2, 0.25) is 5.02 Å². The van der Waals surface area contributed by atoms with Gasteiger partial charge in [-0.25, -0.2) is 13.6 Å². The summed E-state index contributed by atoms with van der Waals surface area (Å²) in [5, 5.41) is 4.89. The quantitative estimate of drug-likeness (QED) is 0.778. The van der Waals surface area contributed by atoms with Gasteiger partial charge in [0.2, 0.25) is 10.0 Å². The number of nitrogens with zero attached hydrogens (tertiary/aromatic N) is 1. The van der Waals surface area contributed by atoms with E-state index in [1.165, 1.54) is 19.2 Å². The molecule has 0 saturated heterocycles. The van der Waals surface area contributed by atoms with Crippen molar-refractivity contribution in [2.24, 2.45) is 5.14 Å². The zero-order chi connectivity index (χ0) is 10.9. The molecule has 0 unspecified atom stereocenters. The van der Waals surface area contributed by atoms with E-state index in [1.54, 1.807) is 0 Å². The first-order valence-electron chi connectivity index (χ1n) is 3.55. The molecule has 1 rings (SSSR count). The largest absolute Gasteiger partial charge is 0.257 e. The average molecular weight is 236 g/mol. The number of nitroso groups, excluding NO2 is 1. The number of benzene rings is 1. The van der Waals surface area contributed by atoms with Gasteiger partial charge in [-0.3, -0.25) is 0 Å². The fraction of sp³-hybridized carbons (Fsp3) is 0.143. The Morgan fingerprint density at radius 3 is 2.43 bits per heavy atom. The summed E-state index contributed by atoms with van der Waals surface area (Å²) in [5.41, 5.74) is 0.179. The molecule has 0 amide bonds. The first kappa shape index (κ1) is 11.1. The SMILES string of the molecule is C[N+](=O)c1ccc(Cl)c(S(N)(=O)=O)c1. The molecule has 2 N–H and O–H groups in total. The van der Waals surface area contributed by atoms with Crippen molar-refractivity contribution >= 4 is 27.3 Å². The van der Waals surface area contributed by atoms with Crippen LogP contribution in [0.25, 0.3) is 0 Å². The van der Waals surface area contributed by atoms with Crippen LogP contribution in [0.5, 0.6) is 0 Å². The summed E-state index contributed by atoms with van der Waals surface area (Å²) in [6.45, 7) is 0. The third-order valence-electron chi connectivity index (χ3n) is 1.58. The lowest BCUT2D eigenvalue weighted by atomic mass is 10.3. The number of hydrogen-bond donors (Lipinski definition) is 1. The third kappa shape index (κ3) is 2.28. The van der Waals surface area contributed by atoms with Crippen LogP contribution in [0.1, 0.15) is 0 Å². The molecule has 1 aromatic rings. The molecule has 0 saturated carbocycles. The minimum atomic E-state index is -3.89. The highest BCUT2D eigenvalue weighted by molar-refractivity contribution is 7.89. The van der Waals surface area contributed by atoms with Gasteiger partial charge in [0.1, 0.15) is 4.90 Å². The summed E-state index contributed by atoms with van der Waals surface area (Å²) in [7, 11) is -2.64. The summed E-state index contributed by atoms with van der Waals surface area (Å²) in [6, 6.07) is 3.85. The summed E-state index contributed by atoms with van der Waals surface area (Å²) < 4.78 is 22.5. The molecule has 1 aromatic carbocycles. The number of sulfonamides is 1. The lowest BCUT2D eigenvalue weighted by Gasteiger charge is -1.99. The van der Waals surface area contributed by atoms with Crippen LogP contribution in [0, 0.1) is 4.91 Å². The Morgan fingerprint density at radius 2 is 2.00 bits per heavy atom. The highest BCUT2D eigenvalue weighted by Gasteiger charge is 2.17. The van der Waals surface area contributed by atoms with Crippen molar-refractivity contribution in [2.75, 3.05) is 7.05 Å². The van der Waals surface area contributed by atoms with Crippen molar-refractivity contribution in [2.45, 2.75) is 4.90 Å². The predicted molar refractivity (Wildman–Crippen MR) is 52.0 cm³/mol. The van der Waals surface area contributed by atoms with Gasteiger partial charge in [0.05, 0.1) is 5.02 Å². The highest BCUT2D eigenvalue weighted by atomic mass is 35.5. The molecule has 0 aliphatic heterocycles. The van der Waals surface area contributed by atoms with Gasteiger partial charge in [0.25, 0.3) is 5.69 Å². The van der Waals surface area contributed by atoms with Gasteiger partial charge in [-0.1, -0.05) is 11.6 Å². The van der Waals surface area contributed by atoms with Crippen LogP contribution in [-0.2, 0) is 10.0 Å². The van der Waals surface area contributed by atoms with Gasteiger partial charge in [0.15, 0.2) is 7.05 Å². The molecule has 0 aliphatic carbocycles. The molecule has 0 aromatic heterocycles. The minimum Gasteiger partial charge on any atom is -0.225 e. The Balaban J connectivity index is 3.44. The fourth-order valence-corrected chi connectivity index (χ4v) is 1.97.